The fourth-order valence-corrected chi connectivity index (χ4v) is 2.88. The van der Waals surface area contributed by atoms with Crippen molar-refractivity contribution in [3.8, 4) is 0 Å². The maximum Gasteiger partial charge on any atom is 0.0621 e. The molecule has 100 valence electrons. The van der Waals surface area contributed by atoms with Crippen molar-refractivity contribution in [1.82, 2.24) is 10.3 Å². The molecule has 1 N–H and O–H groups in total. The number of aromatic nitrogens is 1. The lowest BCUT2D eigenvalue weighted by Crippen LogP contribution is -2.35. The predicted octanol–water partition coefficient (Wildman–Crippen LogP) is 3.69. The van der Waals surface area contributed by atoms with Crippen molar-refractivity contribution in [1.29, 1.82) is 0 Å². The molecule has 1 aliphatic carbocycles. The van der Waals surface area contributed by atoms with Gasteiger partial charge < -0.3 is 5.32 Å². The second-order valence-corrected chi connectivity index (χ2v) is 6.44. The van der Waals surface area contributed by atoms with Crippen molar-refractivity contribution >= 4 is 11.6 Å². The second-order valence-electron chi connectivity index (χ2n) is 6.03. The molecular formula is C15H23ClN2. The SMILES string of the molecule is CCCNC(Cc1ccncc1Cl)C1CC1(C)C. The zero-order chi connectivity index (χ0) is 13.2. The van der Waals surface area contributed by atoms with Crippen LogP contribution in [0.1, 0.15) is 39.2 Å². The molecule has 1 fully saturated rings. The van der Waals surface area contributed by atoms with Crippen molar-refractivity contribution in [2.24, 2.45) is 11.3 Å². The van der Waals surface area contributed by atoms with E-state index in [0.29, 0.717) is 11.5 Å². The number of hydrogen-bond acceptors (Lipinski definition) is 2. The molecule has 18 heavy (non-hydrogen) atoms. The summed E-state index contributed by atoms with van der Waals surface area (Å²) >= 11 is 6.21. The lowest BCUT2D eigenvalue weighted by molar-refractivity contribution is 0.402. The molecule has 1 aliphatic rings. The monoisotopic (exact) mass is 266 g/mol. The average Bonchev–Trinajstić information content (AvgIpc) is 2.96. The second kappa shape index (κ2) is 5.58. The molecule has 3 heteroatoms. The molecule has 2 rings (SSSR count). The van der Waals surface area contributed by atoms with Gasteiger partial charge in [-0.1, -0.05) is 32.4 Å². The maximum absolute atomic E-state index is 6.21. The van der Waals surface area contributed by atoms with Crippen LogP contribution in [0.2, 0.25) is 5.02 Å². The molecule has 2 atom stereocenters. The summed E-state index contributed by atoms with van der Waals surface area (Å²) in [5.41, 5.74) is 1.70. The molecule has 1 aromatic heterocycles. The normalized spacial score (nSPS) is 22.8. The highest BCUT2D eigenvalue weighted by atomic mass is 35.5. The van der Waals surface area contributed by atoms with E-state index in [0.717, 1.165) is 23.9 Å². The molecule has 2 nitrogen and oxygen atoms in total. The van der Waals surface area contributed by atoms with Gasteiger partial charge in [0.1, 0.15) is 0 Å². The summed E-state index contributed by atoms with van der Waals surface area (Å²) in [4.78, 5) is 4.05. The summed E-state index contributed by atoms with van der Waals surface area (Å²) in [7, 11) is 0. The molecule has 0 saturated heterocycles. The highest BCUT2D eigenvalue weighted by molar-refractivity contribution is 6.31. The van der Waals surface area contributed by atoms with Gasteiger partial charge in [0, 0.05) is 18.4 Å². The Hall–Kier alpha value is -0.600. The Kier molecular flexibility index (Phi) is 4.29. The molecule has 1 heterocycles. The Morgan fingerprint density at radius 1 is 1.56 bits per heavy atom. The van der Waals surface area contributed by atoms with Gasteiger partial charge in [0.15, 0.2) is 0 Å². The third kappa shape index (κ3) is 3.24. The molecule has 1 aromatic rings. The molecule has 0 bridgehead atoms. The lowest BCUT2D eigenvalue weighted by atomic mass is 9.97. The van der Waals surface area contributed by atoms with E-state index in [1.165, 1.54) is 18.4 Å². The summed E-state index contributed by atoms with van der Waals surface area (Å²) in [6, 6.07) is 2.58. The number of pyridine rings is 1. The Balaban J connectivity index is 2.04. The van der Waals surface area contributed by atoms with Gasteiger partial charge in [-0.15, -0.1) is 0 Å². The summed E-state index contributed by atoms with van der Waals surface area (Å²) in [6.45, 7) is 8.00. The highest BCUT2D eigenvalue weighted by Gasteiger charge is 2.49. The quantitative estimate of drug-likeness (QED) is 0.849. The summed E-state index contributed by atoms with van der Waals surface area (Å²) in [5, 5.41) is 4.47. The van der Waals surface area contributed by atoms with E-state index in [2.05, 4.69) is 31.1 Å². The summed E-state index contributed by atoms with van der Waals surface area (Å²) in [5.74, 6) is 0.772. The van der Waals surface area contributed by atoms with Crippen LogP contribution in [0.5, 0.6) is 0 Å². The summed E-state index contributed by atoms with van der Waals surface area (Å²) in [6.07, 6.45) is 7.07. The van der Waals surface area contributed by atoms with Crippen molar-refractivity contribution in [2.75, 3.05) is 6.54 Å². The zero-order valence-electron chi connectivity index (χ0n) is 11.5. The van der Waals surface area contributed by atoms with Crippen LogP contribution in [-0.2, 0) is 6.42 Å². The van der Waals surface area contributed by atoms with E-state index >= 15 is 0 Å². The highest BCUT2D eigenvalue weighted by Crippen LogP contribution is 2.54. The van der Waals surface area contributed by atoms with E-state index in [4.69, 9.17) is 11.6 Å². The fraction of sp³-hybridized carbons (Fsp3) is 0.667. The van der Waals surface area contributed by atoms with E-state index < -0.39 is 0 Å². The number of nitrogens with one attached hydrogen (secondary N) is 1. The van der Waals surface area contributed by atoms with Crippen LogP contribution < -0.4 is 5.32 Å². The first-order valence-electron chi connectivity index (χ1n) is 6.86. The Labute approximate surface area is 115 Å². The zero-order valence-corrected chi connectivity index (χ0v) is 12.3. The number of nitrogens with zero attached hydrogens (tertiary/aromatic N) is 1. The van der Waals surface area contributed by atoms with Gasteiger partial charge in [-0.2, -0.15) is 0 Å². The minimum Gasteiger partial charge on any atom is -0.313 e. The molecule has 1 saturated carbocycles. The van der Waals surface area contributed by atoms with Gasteiger partial charge in [-0.05, 0) is 48.8 Å². The van der Waals surface area contributed by atoms with E-state index in [-0.39, 0.29) is 0 Å². The number of halogens is 1. The van der Waals surface area contributed by atoms with Crippen LogP contribution in [0, 0.1) is 11.3 Å². The van der Waals surface area contributed by atoms with Crippen LogP contribution in [0.15, 0.2) is 18.5 Å². The standard InChI is InChI=1S/C15H23ClN2/c1-4-6-18-14(12-9-15(12,2)3)8-11-5-7-17-10-13(11)16/h5,7,10,12,14,18H,4,6,8-9H2,1-3H3. The largest absolute Gasteiger partial charge is 0.313 e. The minimum atomic E-state index is 0.491. The van der Waals surface area contributed by atoms with Crippen LogP contribution in [0.4, 0.5) is 0 Å². The van der Waals surface area contributed by atoms with Crippen LogP contribution >= 0.6 is 11.6 Å². The number of rotatable bonds is 6. The van der Waals surface area contributed by atoms with Gasteiger partial charge in [-0.3, -0.25) is 4.98 Å². The topological polar surface area (TPSA) is 24.9 Å². The average molecular weight is 267 g/mol. The van der Waals surface area contributed by atoms with Gasteiger partial charge in [0.05, 0.1) is 5.02 Å². The van der Waals surface area contributed by atoms with Gasteiger partial charge in [0.25, 0.3) is 0 Å². The van der Waals surface area contributed by atoms with Gasteiger partial charge >= 0.3 is 0 Å². The molecular weight excluding hydrogens is 244 g/mol. The van der Waals surface area contributed by atoms with E-state index in [1.54, 1.807) is 6.20 Å². The minimum absolute atomic E-state index is 0.491. The Morgan fingerprint density at radius 2 is 2.28 bits per heavy atom. The van der Waals surface area contributed by atoms with Crippen molar-refractivity contribution in [3.63, 3.8) is 0 Å². The first-order valence-corrected chi connectivity index (χ1v) is 7.24. The van der Waals surface area contributed by atoms with Gasteiger partial charge in [-0.25, -0.2) is 0 Å². The predicted molar refractivity (Wildman–Crippen MR) is 76.9 cm³/mol. The van der Waals surface area contributed by atoms with Crippen molar-refractivity contribution in [3.05, 3.63) is 29.0 Å². The summed E-state index contributed by atoms with van der Waals surface area (Å²) < 4.78 is 0. The molecule has 0 amide bonds. The van der Waals surface area contributed by atoms with Gasteiger partial charge in [0.2, 0.25) is 0 Å². The first kappa shape index (κ1) is 13.8. The fourth-order valence-electron chi connectivity index (χ4n) is 2.69. The third-order valence-corrected chi connectivity index (χ3v) is 4.37. The van der Waals surface area contributed by atoms with Crippen LogP contribution in [-0.4, -0.2) is 17.6 Å². The Morgan fingerprint density at radius 3 is 2.83 bits per heavy atom. The van der Waals surface area contributed by atoms with Crippen molar-refractivity contribution < 1.29 is 0 Å². The molecule has 0 radical (unpaired) electrons. The molecule has 2 unspecified atom stereocenters. The Bertz CT molecular complexity index is 403. The van der Waals surface area contributed by atoms with E-state index in [9.17, 15) is 0 Å². The molecule has 0 spiro atoms. The third-order valence-electron chi connectivity index (χ3n) is 4.03. The first-order chi connectivity index (χ1) is 8.54. The molecule has 0 aliphatic heterocycles. The van der Waals surface area contributed by atoms with Crippen LogP contribution in [0.3, 0.4) is 0 Å². The molecule has 0 aromatic carbocycles. The van der Waals surface area contributed by atoms with Crippen molar-refractivity contribution in [2.45, 2.75) is 46.1 Å². The smallest absolute Gasteiger partial charge is 0.0621 e. The van der Waals surface area contributed by atoms with E-state index in [1.807, 2.05) is 12.3 Å². The maximum atomic E-state index is 6.21. The van der Waals surface area contributed by atoms with Crippen LogP contribution in [0.25, 0.3) is 0 Å². The lowest BCUT2D eigenvalue weighted by Gasteiger charge is -2.21. The number of hydrogen-bond donors (Lipinski definition) is 1.